The second kappa shape index (κ2) is 11.0. The topological polar surface area (TPSA) is 93.4 Å². The fourth-order valence-electron chi connectivity index (χ4n) is 3.50. The number of para-hydroxylation sites is 2. The van der Waals surface area contributed by atoms with Gasteiger partial charge in [-0.1, -0.05) is 48.5 Å². The lowest BCUT2D eigenvalue weighted by Crippen LogP contribution is -2.30. The summed E-state index contributed by atoms with van der Waals surface area (Å²) in [4.78, 5) is 26.6. The maximum Gasteiger partial charge on any atom is 0.322 e. The fraction of sp³-hybridized carbons (Fsp3) is 0.0357. The van der Waals surface area contributed by atoms with Crippen LogP contribution < -0.4 is 10.2 Å². The van der Waals surface area contributed by atoms with E-state index in [2.05, 4.69) is 46.6 Å². The summed E-state index contributed by atoms with van der Waals surface area (Å²) in [6.07, 6.45) is 1.46. The molecule has 0 saturated heterocycles. The highest BCUT2D eigenvalue weighted by molar-refractivity contribution is 7.16. The zero-order valence-corrected chi connectivity index (χ0v) is 19.4. The third-order valence-electron chi connectivity index (χ3n) is 5.12. The standard InChI is InChI=1S/C28H21N3O3S/c29-18-21(28(34)30-19-27(32)33)17-25-15-16-26(35-25)20-11-13-24(14-12-20)31(22-7-3-1-4-8-22)23-9-5-2-6-10-23/h1-17H,19H2,(H,30,34)(H,32,33)/b21-17+. The number of carbonyl (C=O) groups is 2. The molecule has 6 nitrogen and oxygen atoms in total. The van der Waals surface area contributed by atoms with Crippen LogP contribution in [-0.2, 0) is 9.59 Å². The molecule has 4 rings (SSSR count). The number of carboxylic acids is 1. The summed E-state index contributed by atoms with van der Waals surface area (Å²) in [7, 11) is 0. The number of hydrogen-bond donors (Lipinski definition) is 2. The summed E-state index contributed by atoms with van der Waals surface area (Å²) in [5.74, 6) is -1.88. The number of nitriles is 1. The van der Waals surface area contributed by atoms with Gasteiger partial charge < -0.3 is 15.3 Å². The van der Waals surface area contributed by atoms with Crippen LogP contribution in [-0.4, -0.2) is 23.5 Å². The number of nitrogens with one attached hydrogen (secondary N) is 1. The number of rotatable bonds is 8. The number of aliphatic carboxylic acids is 1. The molecule has 4 aromatic rings. The van der Waals surface area contributed by atoms with Crippen LogP contribution in [0.2, 0.25) is 0 Å². The molecule has 0 spiro atoms. The second-order valence-electron chi connectivity index (χ2n) is 7.50. The van der Waals surface area contributed by atoms with Crippen molar-refractivity contribution in [1.82, 2.24) is 5.32 Å². The van der Waals surface area contributed by atoms with Crippen molar-refractivity contribution >= 4 is 46.4 Å². The van der Waals surface area contributed by atoms with Gasteiger partial charge in [0.15, 0.2) is 0 Å². The molecule has 1 amide bonds. The Balaban J connectivity index is 1.58. The first-order chi connectivity index (χ1) is 17.0. The lowest BCUT2D eigenvalue weighted by molar-refractivity contribution is -0.137. The maximum absolute atomic E-state index is 12.0. The van der Waals surface area contributed by atoms with Crippen LogP contribution in [0.15, 0.2) is 103 Å². The quantitative estimate of drug-likeness (QED) is 0.239. The van der Waals surface area contributed by atoms with Crippen LogP contribution in [0.5, 0.6) is 0 Å². The SMILES string of the molecule is N#C/C(=C\c1ccc(-c2ccc(N(c3ccccc3)c3ccccc3)cc2)s1)C(=O)NCC(=O)O. The molecule has 0 bridgehead atoms. The molecular weight excluding hydrogens is 458 g/mol. The number of benzene rings is 3. The Labute approximate surface area is 207 Å². The third-order valence-corrected chi connectivity index (χ3v) is 6.20. The summed E-state index contributed by atoms with van der Waals surface area (Å²) in [5.41, 5.74) is 4.00. The molecular formula is C28H21N3O3S. The van der Waals surface area contributed by atoms with Crippen molar-refractivity contribution in [2.45, 2.75) is 0 Å². The number of anilines is 3. The average molecular weight is 480 g/mol. The predicted molar refractivity (Wildman–Crippen MR) is 139 cm³/mol. The van der Waals surface area contributed by atoms with Crippen LogP contribution >= 0.6 is 11.3 Å². The number of amides is 1. The molecule has 1 aromatic heterocycles. The predicted octanol–water partition coefficient (Wildman–Crippen LogP) is 5.99. The van der Waals surface area contributed by atoms with Crippen LogP contribution in [0.25, 0.3) is 16.5 Å². The summed E-state index contributed by atoms with van der Waals surface area (Å²) in [6, 6.07) is 34.1. The molecule has 0 radical (unpaired) electrons. The Bertz CT molecular complexity index is 1350. The molecule has 2 N–H and O–H groups in total. The molecule has 0 unspecified atom stereocenters. The number of hydrogen-bond acceptors (Lipinski definition) is 5. The highest BCUT2D eigenvalue weighted by Crippen LogP contribution is 2.36. The van der Waals surface area contributed by atoms with Crippen molar-refractivity contribution in [2.24, 2.45) is 0 Å². The molecule has 0 saturated carbocycles. The van der Waals surface area contributed by atoms with Gasteiger partial charge in [0.25, 0.3) is 5.91 Å². The Kier molecular flexibility index (Phi) is 7.36. The Hall–Kier alpha value is -4.67. The first-order valence-electron chi connectivity index (χ1n) is 10.8. The van der Waals surface area contributed by atoms with E-state index in [0.29, 0.717) is 0 Å². The molecule has 0 fully saturated rings. The van der Waals surface area contributed by atoms with Gasteiger partial charge in [-0.15, -0.1) is 11.3 Å². The van der Waals surface area contributed by atoms with Gasteiger partial charge in [-0.3, -0.25) is 9.59 Å². The van der Waals surface area contributed by atoms with Gasteiger partial charge in [-0.25, -0.2) is 0 Å². The van der Waals surface area contributed by atoms with Gasteiger partial charge in [0.1, 0.15) is 18.2 Å². The summed E-state index contributed by atoms with van der Waals surface area (Å²) in [5, 5.41) is 20.2. The van der Waals surface area contributed by atoms with Crippen molar-refractivity contribution in [2.75, 3.05) is 11.4 Å². The van der Waals surface area contributed by atoms with E-state index in [-0.39, 0.29) is 5.57 Å². The number of carbonyl (C=O) groups excluding carboxylic acids is 1. The lowest BCUT2D eigenvalue weighted by Gasteiger charge is -2.25. The van der Waals surface area contributed by atoms with Gasteiger partial charge >= 0.3 is 5.97 Å². The van der Waals surface area contributed by atoms with Gasteiger partial charge in [0.05, 0.1) is 0 Å². The largest absolute Gasteiger partial charge is 0.480 e. The minimum Gasteiger partial charge on any atom is -0.480 e. The third kappa shape index (κ3) is 5.82. The molecule has 3 aromatic carbocycles. The van der Waals surface area contributed by atoms with Crippen molar-refractivity contribution in [1.29, 1.82) is 5.26 Å². The Morgan fingerprint density at radius 3 is 1.97 bits per heavy atom. The molecule has 172 valence electrons. The lowest BCUT2D eigenvalue weighted by atomic mass is 10.1. The van der Waals surface area contributed by atoms with Crippen LogP contribution in [0.1, 0.15) is 4.88 Å². The summed E-state index contributed by atoms with van der Waals surface area (Å²) >= 11 is 1.44. The monoisotopic (exact) mass is 479 g/mol. The van der Waals surface area contributed by atoms with E-state index in [1.165, 1.54) is 17.4 Å². The molecule has 0 aliphatic heterocycles. The average Bonchev–Trinajstić information content (AvgIpc) is 3.36. The van der Waals surface area contributed by atoms with Crippen molar-refractivity contribution < 1.29 is 14.7 Å². The van der Waals surface area contributed by atoms with E-state index in [4.69, 9.17) is 5.11 Å². The van der Waals surface area contributed by atoms with Gasteiger partial charge in [-0.05, 0) is 60.2 Å². The van der Waals surface area contributed by atoms with Crippen molar-refractivity contribution in [3.8, 4) is 16.5 Å². The second-order valence-corrected chi connectivity index (χ2v) is 8.62. The molecule has 0 aliphatic carbocycles. The smallest absolute Gasteiger partial charge is 0.322 e. The fourth-order valence-corrected chi connectivity index (χ4v) is 4.46. The number of carboxylic acid groups (broad SMARTS) is 1. The van der Waals surface area contributed by atoms with Crippen molar-refractivity contribution in [3.63, 3.8) is 0 Å². The first-order valence-corrected chi connectivity index (χ1v) is 11.6. The summed E-state index contributed by atoms with van der Waals surface area (Å²) < 4.78 is 0. The van der Waals surface area contributed by atoms with Gasteiger partial charge in [0.2, 0.25) is 0 Å². The first kappa shape index (κ1) is 23.5. The van der Waals surface area contributed by atoms with E-state index < -0.39 is 18.4 Å². The molecule has 0 aliphatic rings. The van der Waals surface area contributed by atoms with Gasteiger partial charge in [0, 0.05) is 26.8 Å². The van der Waals surface area contributed by atoms with Crippen LogP contribution in [0.4, 0.5) is 17.1 Å². The van der Waals surface area contributed by atoms with E-state index >= 15 is 0 Å². The van der Waals surface area contributed by atoms with E-state index in [0.717, 1.165) is 32.4 Å². The summed E-state index contributed by atoms with van der Waals surface area (Å²) in [6.45, 7) is -0.539. The minimum atomic E-state index is -1.17. The maximum atomic E-state index is 12.0. The number of nitrogens with zero attached hydrogens (tertiary/aromatic N) is 2. The zero-order valence-electron chi connectivity index (χ0n) is 18.6. The van der Waals surface area contributed by atoms with E-state index in [1.54, 1.807) is 0 Å². The van der Waals surface area contributed by atoms with Gasteiger partial charge in [-0.2, -0.15) is 5.26 Å². The Morgan fingerprint density at radius 2 is 1.43 bits per heavy atom. The van der Waals surface area contributed by atoms with E-state index in [1.807, 2.05) is 66.7 Å². The van der Waals surface area contributed by atoms with E-state index in [9.17, 15) is 14.9 Å². The highest BCUT2D eigenvalue weighted by Gasteiger charge is 2.13. The highest BCUT2D eigenvalue weighted by atomic mass is 32.1. The van der Waals surface area contributed by atoms with Crippen LogP contribution in [0.3, 0.4) is 0 Å². The molecule has 35 heavy (non-hydrogen) atoms. The molecule has 0 atom stereocenters. The minimum absolute atomic E-state index is 0.142. The van der Waals surface area contributed by atoms with Crippen LogP contribution in [0, 0.1) is 11.3 Å². The normalized spacial score (nSPS) is 10.9. The van der Waals surface area contributed by atoms with Crippen molar-refractivity contribution in [3.05, 3.63) is 108 Å². The molecule has 1 heterocycles. The molecule has 7 heteroatoms. The Morgan fingerprint density at radius 1 is 0.857 bits per heavy atom. The number of thiophene rings is 1. The zero-order chi connectivity index (χ0) is 24.6.